The lowest BCUT2D eigenvalue weighted by Crippen LogP contribution is -2.27. The topological polar surface area (TPSA) is 61.4 Å². The lowest BCUT2D eigenvalue weighted by atomic mass is 10.1. The van der Waals surface area contributed by atoms with Gasteiger partial charge >= 0.3 is 6.18 Å². The molecule has 2 N–H and O–H groups in total. The first kappa shape index (κ1) is 19.7. The van der Waals surface area contributed by atoms with E-state index in [4.69, 9.17) is 0 Å². The molecule has 148 valence electrons. The Morgan fingerprint density at radius 2 is 1.64 bits per heavy atom. The van der Waals surface area contributed by atoms with Crippen LogP contribution in [0.5, 0.6) is 0 Å². The lowest BCUT2D eigenvalue weighted by Gasteiger charge is -2.16. The Kier molecular flexibility index (Phi) is 5.87. The van der Waals surface area contributed by atoms with Crippen molar-refractivity contribution in [2.24, 2.45) is 0 Å². The molecule has 0 bridgehead atoms. The van der Waals surface area contributed by atoms with Gasteiger partial charge in [-0.1, -0.05) is 12.1 Å². The van der Waals surface area contributed by atoms with E-state index < -0.39 is 17.6 Å². The molecule has 5 nitrogen and oxygen atoms in total. The maximum Gasteiger partial charge on any atom is 0.416 e. The molecule has 1 aliphatic rings. The summed E-state index contributed by atoms with van der Waals surface area (Å²) >= 11 is 0. The van der Waals surface area contributed by atoms with Crippen molar-refractivity contribution in [1.29, 1.82) is 0 Å². The van der Waals surface area contributed by atoms with E-state index in [0.717, 1.165) is 38.1 Å². The molecule has 3 rings (SSSR count). The van der Waals surface area contributed by atoms with Gasteiger partial charge in [-0.2, -0.15) is 13.2 Å². The first-order valence-electron chi connectivity index (χ1n) is 8.93. The van der Waals surface area contributed by atoms with Crippen molar-refractivity contribution in [1.82, 2.24) is 4.90 Å². The van der Waals surface area contributed by atoms with Crippen LogP contribution in [-0.2, 0) is 11.0 Å². The fourth-order valence-electron chi connectivity index (χ4n) is 3.03. The number of rotatable bonds is 5. The predicted octanol–water partition coefficient (Wildman–Crippen LogP) is 3.99. The molecule has 1 saturated heterocycles. The van der Waals surface area contributed by atoms with Crippen molar-refractivity contribution in [3.8, 4) is 0 Å². The maximum atomic E-state index is 12.7. The summed E-state index contributed by atoms with van der Waals surface area (Å²) in [6.07, 6.45) is -2.46. The zero-order chi connectivity index (χ0) is 20.1. The fraction of sp³-hybridized carbons (Fsp3) is 0.300. The van der Waals surface area contributed by atoms with Gasteiger partial charge in [0.25, 0.3) is 5.91 Å². The molecule has 1 fully saturated rings. The number of carbonyl (C=O) groups excluding carboxylic acids is 2. The Labute approximate surface area is 160 Å². The van der Waals surface area contributed by atoms with E-state index in [9.17, 15) is 22.8 Å². The third kappa shape index (κ3) is 5.03. The van der Waals surface area contributed by atoms with Crippen molar-refractivity contribution in [2.75, 3.05) is 30.3 Å². The van der Waals surface area contributed by atoms with Crippen LogP contribution in [0.3, 0.4) is 0 Å². The summed E-state index contributed by atoms with van der Waals surface area (Å²) in [6, 6.07) is 11.3. The highest BCUT2D eigenvalue weighted by atomic mass is 19.4. The largest absolute Gasteiger partial charge is 0.416 e. The third-order valence-electron chi connectivity index (χ3n) is 4.43. The van der Waals surface area contributed by atoms with Gasteiger partial charge in [0, 0.05) is 30.0 Å². The van der Waals surface area contributed by atoms with Crippen LogP contribution in [-0.4, -0.2) is 36.3 Å². The van der Waals surface area contributed by atoms with Gasteiger partial charge in [0.2, 0.25) is 5.91 Å². The van der Waals surface area contributed by atoms with Crippen molar-refractivity contribution < 1.29 is 22.8 Å². The minimum Gasteiger partial charge on any atom is -0.376 e. The molecular weight excluding hydrogens is 371 g/mol. The Hall–Kier alpha value is -3.03. The number of benzene rings is 2. The number of anilines is 2. The molecule has 0 aliphatic carbocycles. The number of hydrogen-bond acceptors (Lipinski definition) is 3. The number of amides is 2. The highest BCUT2D eigenvalue weighted by Crippen LogP contribution is 2.30. The summed E-state index contributed by atoms with van der Waals surface area (Å²) in [5.74, 6) is -0.501. The van der Waals surface area contributed by atoms with Crippen LogP contribution in [0.4, 0.5) is 24.5 Å². The van der Waals surface area contributed by atoms with Crippen LogP contribution in [0.2, 0.25) is 0 Å². The number of carbonyl (C=O) groups is 2. The maximum absolute atomic E-state index is 12.7. The summed E-state index contributed by atoms with van der Waals surface area (Å²) in [5.41, 5.74) is 0.361. The van der Waals surface area contributed by atoms with Crippen LogP contribution >= 0.6 is 0 Å². The van der Waals surface area contributed by atoms with Crippen molar-refractivity contribution in [2.45, 2.75) is 19.0 Å². The minimum atomic E-state index is -4.44. The Balaban J connectivity index is 1.58. The van der Waals surface area contributed by atoms with Crippen LogP contribution < -0.4 is 10.6 Å². The molecule has 1 heterocycles. The van der Waals surface area contributed by atoms with E-state index in [0.29, 0.717) is 11.3 Å². The smallest absolute Gasteiger partial charge is 0.376 e. The zero-order valence-corrected chi connectivity index (χ0v) is 15.1. The molecule has 1 aliphatic heterocycles. The fourth-order valence-corrected chi connectivity index (χ4v) is 3.03. The number of nitrogens with zero attached hydrogens (tertiary/aromatic N) is 1. The number of nitrogens with one attached hydrogen (secondary N) is 2. The van der Waals surface area contributed by atoms with E-state index in [1.54, 1.807) is 29.2 Å². The average molecular weight is 391 g/mol. The van der Waals surface area contributed by atoms with E-state index >= 15 is 0 Å². The molecule has 2 aromatic carbocycles. The number of halogens is 3. The predicted molar refractivity (Wildman–Crippen MR) is 100 cm³/mol. The lowest BCUT2D eigenvalue weighted by molar-refractivity contribution is -0.137. The van der Waals surface area contributed by atoms with Crippen LogP contribution in [0.1, 0.15) is 28.8 Å². The molecule has 2 amide bonds. The molecule has 28 heavy (non-hydrogen) atoms. The highest BCUT2D eigenvalue weighted by molar-refractivity contribution is 5.98. The van der Waals surface area contributed by atoms with E-state index in [-0.39, 0.29) is 18.1 Å². The summed E-state index contributed by atoms with van der Waals surface area (Å²) in [5, 5.41) is 5.32. The van der Waals surface area contributed by atoms with Crippen LogP contribution in [0.25, 0.3) is 0 Å². The van der Waals surface area contributed by atoms with Gasteiger partial charge < -0.3 is 15.5 Å². The molecule has 0 unspecified atom stereocenters. The monoisotopic (exact) mass is 391 g/mol. The number of likely N-dealkylation sites (tertiary alicyclic amines) is 1. The summed E-state index contributed by atoms with van der Waals surface area (Å²) in [6.45, 7) is 1.26. The first-order chi connectivity index (χ1) is 13.3. The van der Waals surface area contributed by atoms with Crippen molar-refractivity contribution in [3.05, 3.63) is 59.7 Å². The van der Waals surface area contributed by atoms with Gasteiger partial charge in [-0.25, -0.2) is 0 Å². The molecule has 8 heteroatoms. The van der Waals surface area contributed by atoms with Crippen LogP contribution in [0, 0.1) is 0 Å². The quantitative estimate of drug-likeness (QED) is 0.810. The summed E-state index contributed by atoms with van der Waals surface area (Å²) in [7, 11) is 0. The SMILES string of the molecule is O=C(CNc1cccc(C(F)(F)F)c1)Nc1cccc(C(=O)N2CCCC2)c1. The third-order valence-corrected chi connectivity index (χ3v) is 4.43. The van der Waals surface area contributed by atoms with Gasteiger partial charge in [-0.15, -0.1) is 0 Å². The molecule has 2 aromatic rings. The van der Waals surface area contributed by atoms with Gasteiger partial charge in [0.05, 0.1) is 12.1 Å². The van der Waals surface area contributed by atoms with E-state index in [1.807, 2.05) is 0 Å². The zero-order valence-electron chi connectivity index (χ0n) is 15.1. The van der Waals surface area contributed by atoms with Gasteiger partial charge in [0.15, 0.2) is 0 Å². The molecule has 0 radical (unpaired) electrons. The minimum absolute atomic E-state index is 0.0734. The van der Waals surface area contributed by atoms with E-state index in [2.05, 4.69) is 10.6 Å². The van der Waals surface area contributed by atoms with Crippen LogP contribution in [0.15, 0.2) is 48.5 Å². The molecule has 0 aromatic heterocycles. The second-order valence-corrected chi connectivity index (χ2v) is 6.56. The number of alkyl halides is 3. The first-order valence-corrected chi connectivity index (χ1v) is 8.93. The number of hydrogen-bond donors (Lipinski definition) is 2. The van der Waals surface area contributed by atoms with Gasteiger partial charge in [-0.05, 0) is 49.2 Å². The normalized spacial score (nSPS) is 14.0. The van der Waals surface area contributed by atoms with Gasteiger partial charge in [0.1, 0.15) is 0 Å². The Morgan fingerprint density at radius 3 is 2.36 bits per heavy atom. The molecule has 0 saturated carbocycles. The second kappa shape index (κ2) is 8.33. The molecule has 0 atom stereocenters. The summed E-state index contributed by atoms with van der Waals surface area (Å²) in [4.78, 5) is 26.3. The van der Waals surface area contributed by atoms with Crippen molar-refractivity contribution >= 4 is 23.2 Å². The standard InChI is InChI=1S/C20H20F3N3O2/c21-20(22,23)15-6-4-7-16(12-15)24-13-18(27)25-17-8-3-5-14(11-17)19(28)26-9-1-2-10-26/h3-8,11-12,24H,1-2,9-10,13H2,(H,25,27). The Bertz CT molecular complexity index is 862. The van der Waals surface area contributed by atoms with E-state index in [1.165, 1.54) is 12.1 Å². The average Bonchev–Trinajstić information content (AvgIpc) is 3.20. The molecular formula is C20H20F3N3O2. The molecule has 0 spiro atoms. The highest BCUT2D eigenvalue weighted by Gasteiger charge is 2.30. The Morgan fingerprint density at radius 1 is 0.964 bits per heavy atom. The summed E-state index contributed by atoms with van der Waals surface area (Å²) < 4.78 is 38.2. The van der Waals surface area contributed by atoms with Crippen molar-refractivity contribution in [3.63, 3.8) is 0 Å². The van der Waals surface area contributed by atoms with Gasteiger partial charge in [-0.3, -0.25) is 9.59 Å². The second-order valence-electron chi connectivity index (χ2n) is 6.56.